The Labute approximate surface area is 161 Å². The van der Waals surface area contributed by atoms with Gasteiger partial charge in [0.05, 0.1) is 6.54 Å². The fraction of sp³-hybridized carbons (Fsp3) is 0.609. The van der Waals surface area contributed by atoms with Gasteiger partial charge in [-0.1, -0.05) is 59.7 Å². The van der Waals surface area contributed by atoms with Gasteiger partial charge in [-0.2, -0.15) is 0 Å². The molecule has 146 valence electrons. The van der Waals surface area contributed by atoms with Crippen LogP contribution >= 0.6 is 0 Å². The predicted molar refractivity (Wildman–Crippen MR) is 118 cm³/mol. The van der Waals surface area contributed by atoms with E-state index in [4.69, 9.17) is 4.99 Å². The average Bonchev–Trinajstić information content (AvgIpc) is 2.58. The molecule has 0 radical (unpaired) electrons. The van der Waals surface area contributed by atoms with Gasteiger partial charge in [0.25, 0.3) is 0 Å². The molecule has 0 fully saturated rings. The van der Waals surface area contributed by atoms with Crippen LogP contribution < -0.4 is 5.32 Å². The Balaban J connectivity index is 2.92. The fourth-order valence-electron chi connectivity index (χ4n) is 3.20. The summed E-state index contributed by atoms with van der Waals surface area (Å²) >= 11 is 0. The molecule has 1 aromatic carbocycles. The highest BCUT2D eigenvalue weighted by molar-refractivity contribution is 5.93. The summed E-state index contributed by atoms with van der Waals surface area (Å²) in [6.07, 6.45) is 2.16. The van der Waals surface area contributed by atoms with E-state index in [-0.39, 0.29) is 0 Å². The molecule has 0 atom stereocenters. The molecule has 0 amide bonds. The van der Waals surface area contributed by atoms with Gasteiger partial charge in [0.2, 0.25) is 0 Å². The number of allylic oxidation sites excluding steroid dienone is 2. The van der Waals surface area contributed by atoms with Crippen molar-refractivity contribution in [2.45, 2.75) is 67.2 Å². The van der Waals surface area contributed by atoms with Crippen LogP contribution in [0.1, 0.15) is 78.4 Å². The standard InChI is InChI=1S/C23H39N3/c1-9-26(10-2)15-14-24-19(7)16-20(8)25-23-21(17(3)4)12-11-13-22(23)18(5)6/h11-13,16-18,25H,9-10,14-15H2,1-8H3. The molecule has 1 rings (SSSR count). The molecule has 0 spiro atoms. The minimum Gasteiger partial charge on any atom is -0.359 e. The van der Waals surface area contributed by atoms with Gasteiger partial charge in [-0.3, -0.25) is 4.99 Å². The van der Waals surface area contributed by atoms with Crippen molar-refractivity contribution in [1.82, 2.24) is 4.90 Å². The highest BCUT2D eigenvalue weighted by Gasteiger charge is 2.13. The lowest BCUT2D eigenvalue weighted by molar-refractivity contribution is 0.313. The monoisotopic (exact) mass is 357 g/mol. The molecule has 0 aromatic heterocycles. The largest absolute Gasteiger partial charge is 0.359 e. The van der Waals surface area contributed by atoms with Gasteiger partial charge in [-0.05, 0) is 56.0 Å². The number of benzene rings is 1. The highest BCUT2D eigenvalue weighted by Crippen LogP contribution is 2.33. The van der Waals surface area contributed by atoms with E-state index in [1.165, 1.54) is 16.8 Å². The fourth-order valence-corrected chi connectivity index (χ4v) is 3.20. The molecule has 0 bridgehead atoms. The molecule has 1 N–H and O–H groups in total. The molecule has 0 unspecified atom stereocenters. The number of hydrogen-bond donors (Lipinski definition) is 1. The van der Waals surface area contributed by atoms with Crippen LogP contribution in [0, 0.1) is 0 Å². The van der Waals surface area contributed by atoms with Crippen LogP contribution in [-0.2, 0) is 0 Å². The van der Waals surface area contributed by atoms with E-state index in [0.717, 1.165) is 37.6 Å². The normalized spacial score (nSPS) is 13.2. The van der Waals surface area contributed by atoms with Crippen LogP contribution in [0.4, 0.5) is 5.69 Å². The summed E-state index contributed by atoms with van der Waals surface area (Å²) in [6, 6.07) is 6.64. The van der Waals surface area contributed by atoms with Crippen LogP contribution in [0.2, 0.25) is 0 Å². The second-order valence-electron chi connectivity index (χ2n) is 7.62. The van der Waals surface area contributed by atoms with Gasteiger partial charge in [0.15, 0.2) is 0 Å². The molecule has 3 heteroatoms. The third-order valence-electron chi connectivity index (χ3n) is 4.79. The lowest BCUT2D eigenvalue weighted by atomic mass is 9.92. The van der Waals surface area contributed by atoms with Crippen LogP contribution in [0.25, 0.3) is 0 Å². The highest BCUT2D eigenvalue weighted by atomic mass is 15.1. The van der Waals surface area contributed by atoms with Crippen molar-refractivity contribution >= 4 is 11.4 Å². The average molecular weight is 358 g/mol. The van der Waals surface area contributed by atoms with Crippen molar-refractivity contribution in [2.75, 3.05) is 31.5 Å². The van der Waals surface area contributed by atoms with Gasteiger partial charge in [-0.15, -0.1) is 0 Å². The summed E-state index contributed by atoms with van der Waals surface area (Å²) in [5.74, 6) is 0.987. The first kappa shape index (κ1) is 22.4. The molecule has 26 heavy (non-hydrogen) atoms. The number of nitrogens with one attached hydrogen (secondary N) is 1. The molecule has 0 aliphatic heterocycles. The smallest absolute Gasteiger partial charge is 0.0519 e. The van der Waals surface area contributed by atoms with E-state index in [1.807, 2.05) is 0 Å². The van der Waals surface area contributed by atoms with Crippen molar-refractivity contribution in [3.63, 3.8) is 0 Å². The number of rotatable bonds is 10. The van der Waals surface area contributed by atoms with Gasteiger partial charge in [-0.25, -0.2) is 0 Å². The van der Waals surface area contributed by atoms with E-state index in [0.29, 0.717) is 11.8 Å². The van der Waals surface area contributed by atoms with Crippen molar-refractivity contribution < 1.29 is 0 Å². The molecule has 0 heterocycles. The summed E-state index contributed by atoms with van der Waals surface area (Å²) in [5.41, 5.74) is 6.24. The van der Waals surface area contributed by atoms with Crippen molar-refractivity contribution in [1.29, 1.82) is 0 Å². The molecule has 1 aromatic rings. The predicted octanol–water partition coefficient (Wildman–Crippen LogP) is 6.05. The SMILES string of the molecule is CCN(CC)CCN=C(C)C=C(C)Nc1c(C(C)C)cccc1C(C)C. The molecular formula is C23H39N3. The van der Waals surface area contributed by atoms with Crippen LogP contribution in [0.15, 0.2) is 35.0 Å². The lowest BCUT2D eigenvalue weighted by Gasteiger charge is -2.21. The Kier molecular flexibility index (Phi) is 9.64. The second-order valence-corrected chi connectivity index (χ2v) is 7.62. The van der Waals surface area contributed by atoms with E-state index >= 15 is 0 Å². The van der Waals surface area contributed by atoms with Gasteiger partial charge >= 0.3 is 0 Å². The molecule has 0 aliphatic carbocycles. The first-order valence-electron chi connectivity index (χ1n) is 10.1. The minimum absolute atomic E-state index is 0.493. The molecular weight excluding hydrogens is 318 g/mol. The van der Waals surface area contributed by atoms with Crippen LogP contribution in [0.3, 0.4) is 0 Å². The first-order chi connectivity index (χ1) is 12.3. The summed E-state index contributed by atoms with van der Waals surface area (Å²) in [5, 5.41) is 3.66. The number of nitrogens with zero attached hydrogens (tertiary/aromatic N) is 2. The Morgan fingerprint density at radius 2 is 1.58 bits per heavy atom. The lowest BCUT2D eigenvalue weighted by Crippen LogP contribution is -2.25. The van der Waals surface area contributed by atoms with Gasteiger partial charge in [0.1, 0.15) is 0 Å². The summed E-state index contributed by atoms with van der Waals surface area (Å²) < 4.78 is 0. The summed E-state index contributed by atoms with van der Waals surface area (Å²) in [7, 11) is 0. The Morgan fingerprint density at radius 1 is 1.04 bits per heavy atom. The topological polar surface area (TPSA) is 27.6 Å². The second kappa shape index (κ2) is 11.2. The number of para-hydroxylation sites is 1. The third kappa shape index (κ3) is 6.95. The molecule has 0 saturated heterocycles. The van der Waals surface area contributed by atoms with E-state index in [9.17, 15) is 0 Å². The Bertz CT molecular complexity index is 582. The van der Waals surface area contributed by atoms with E-state index in [1.54, 1.807) is 0 Å². The summed E-state index contributed by atoms with van der Waals surface area (Å²) in [6.45, 7) is 21.7. The minimum atomic E-state index is 0.493. The molecule has 0 aliphatic rings. The number of aliphatic imine (C=N–C) groups is 1. The van der Waals surface area contributed by atoms with Crippen molar-refractivity contribution in [3.8, 4) is 0 Å². The maximum atomic E-state index is 4.72. The maximum absolute atomic E-state index is 4.72. The molecule has 0 saturated carbocycles. The zero-order chi connectivity index (χ0) is 19.7. The Morgan fingerprint density at radius 3 is 2.04 bits per heavy atom. The number of anilines is 1. The van der Waals surface area contributed by atoms with Crippen LogP contribution in [0.5, 0.6) is 0 Å². The number of hydrogen-bond acceptors (Lipinski definition) is 3. The van der Waals surface area contributed by atoms with Crippen LogP contribution in [-0.4, -0.2) is 36.8 Å². The zero-order valence-corrected chi connectivity index (χ0v) is 18.2. The number of likely N-dealkylation sites (N-methyl/N-ethyl adjacent to an activating group) is 1. The molecule has 3 nitrogen and oxygen atoms in total. The zero-order valence-electron chi connectivity index (χ0n) is 18.2. The maximum Gasteiger partial charge on any atom is 0.0519 e. The summed E-state index contributed by atoms with van der Waals surface area (Å²) in [4.78, 5) is 7.12. The Hall–Kier alpha value is -1.61. The van der Waals surface area contributed by atoms with E-state index < -0.39 is 0 Å². The van der Waals surface area contributed by atoms with Gasteiger partial charge in [0, 0.05) is 23.6 Å². The van der Waals surface area contributed by atoms with Crippen molar-refractivity contribution in [2.24, 2.45) is 4.99 Å². The van der Waals surface area contributed by atoms with Crippen molar-refractivity contribution in [3.05, 3.63) is 41.1 Å². The third-order valence-corrected chi connectivity index (χ3v) is 4.79. The van der Waals surface area contributed by atoms with Gasteiger partial charge < -0.3 is 10.2 Å². The first-order valence-corrected chi connectivity index (χ1v) is 10.1. The van der Waals surface area contributed by atoms with E-state index in [2.05, 4.69) is 89.9 Å². The quantitative estimate of drug-likeness (QED) is 0.516.